The van der Waals surface area contributed by atoms with Crippen LogP contribution in [0.4, 0.5) is 0 Å². The van der Waals surface area contributed by atoms with Gasteiger partial charge in [-0.25, -0.2) is 0 Å². The van der Waals surface area contributed by atoms with Crippen LogP contribution < -0.4 is 11.1 Å². The first kappa shape index (κ1) is 14.4. The highest BCUT2D eigenvalue weighted by molar-refractivity contribution is 5.76. The van der Waals surface area contributed by atoms with E-state index in [1.165, 1.54) is 6.42 Å². The molecule has 1 heterocycles. The maximum Gasteiger partial charge on any atom is 0.221 e. The summed E-state index contributed by atoms with van der Waals surface area (Å²) in [5.74, 6) is 0.641. The molecule has 1 rings (SSSR count). The summed E-state index contributed by atoms with van der Waals surface area (Å²) in [6.45, 7) is 3.37. The number of hydrogen-bond donors (Lipinski definition) is 2. The SMILES string of the molecule is CNC(=O)CC(CN)N1CCCC(COC)C1. The fourth-order valence-corrected chi connectivity index (χ4v) is 2.48. The van der Waals surface area contributed by atoms with E-state index in [1.807, 2.05) is 0 Å². The molecule has 0 aromatic rings. The van der Waals surface area contributed by atoms with Crippen LogP contribution in [0.1, 0.15) is 19.3 Å². The molecule has 1 aliphatic rings. The Morgan fingerprint density at radius 1 is 1.65 bits per heavy atom. The number of nitrogens with one attached hydrogen (secondary N) is 1. The molecule has 2 unspecified atom stereocenters. The van der Waals surface area contributed by atoms with E-state index >= 15 is 0 Å². The molecule has 5 nitrogen and oxygen atoms in total. The highest BCUT2D eigenvalue weighted by Gasteiger charge is 2.26. The first-order chi connectivity index (χ1) is 8.21. The number of hydrogen-bond acceptors (Lipinski definition) is 4. The van der Waals surface area contributed by atoms with E-state index < -0.39 is 0 Å². The van der Waals surface area contributed by atoms with Gasteiger partial charge < -0.3 is 15.8 Å². The molecule has 0 saturated carbocycles. The highest BCUT2D eigenvalue weighted by atomic mass is 16.5. The summed E-state index contributed by atoms with van der Waals surface area (Å²) in [4.78, 5) is 13.7. The standard InChI is InChI=1S/C12H25N3O2/c1-14-12(16)6-11(7-13)15-5-3-4-10(8-15)9-17-2/h10-11H,3-9,13H2,1-2H3,(H,14,16). The third-order valence-electron chi connectivity index (χ3n) is 3.44. The second-order valence-corrected chi connectivity index (χ2v) is 4.73. The van der Waals surface area contributed by atoms with Gasteiger partial charge in [0.2, 0.25) is 5.91 Å². The predicted molar refractivity (Wildman–Crippen MR) is 67.7 cm³/mol. The minimum atomic E-state index is 0.0642. The number of nitrogens with zero attached hydrogens (tertiary/aromatic N) is 1. The molecule has 100 valence electrons. The summed E-state index contributed by atoms with van der Waals surface area (Å²) in [6.07, 6.45) is 2.87. The van der Waals surface area contributed by atoms with Gasteiger partial charge in [0.15, 0.2) is 0 Å². The smallest absolute Gasteiger partial charge is 0.221 e. The summed E-state index contributed by atoms with van der Waals surface area (Å²) in [6, 6.07) is 0.162. The van der Waals surface area contributed by atoms with Crippen LogP contribution in [0.5, 0.6) is 0 Å². The van der Waals surface area contributed by atoms with Gasteiger partial charge in [0.25, 0.3) is 0 Å². The number of rotatable bonds is 6. The normalized spacial score (nSPS) is 23.4. The maximum absolute atomic E-state index is 11.4. The van der Waals surface area contributed by atoms with Crippen LogP contribution in [-0.2, 0) is 9.53 Å². The Kier molecular flexibility index (Phi) is 6.47. The summed E-state index contributed by atoms with van der Waals surface area (Å²) in [5, 5.41) is 2.66. The van der Waals surface area contributed by atoms with E-state index in [9.17, 15) is 4.79 Å². The van der Waals surface area contributed by atoms with Gasteiger partial charge in [0, 0.05) is 39.7 Å². The molecule has 2 atom stereocenters. The van der Waals surface area contributed by atoms with Gasteiger partial charge in [-0.2, -0.15) is 0 Å². The predicted octanol–water partition coefficient (Wildman–Crippen LogP) is -0.192. The van der Waals surface area contributed by atoms with Gasteiger partial charge in [-0.3, -0.25) is 9.69 Å². The monoisotopic (exact) mass is 243 g/mol. The van der Waals surface area contributed by atoms with Gasteiger partial charge in [-0.05, 0) is 25.3 Å². The van der Waals surface area contributed by atoms with E-state index in [0.717, 1.165) is 26.1 Å². The molecule has 0 aromatic carbocycles. The van der Waals surface area contributed by atoms with Gasteiger partial charge in [0.1, 0.15) is 0 Å². The summed E-state index contributed by atoms with van der Waals surface area (Å²) in [7, 11) is 3.41. The van der Waals surface area contributed by atoms with Gasteiger partial charge >= 0.3 is 0 Å². The van der Waals surface area contributed by atoms with E-state index in [0.29, 0.717) is 18.9 Å². The Morgan fingerprint density at radius 2 is 2.41 bits per heavy atom. The number of likely N-dealkylation sites (tertiary alicyclic amines) is 1. The number of piperidine rings is 1. The molecule has 17 heavy (non-hydrogen) atoms. The average Bonchev–Trinajstić information content (AvgIpc) is 2.36. The van der Waals surface area contributed by atoms with E-state index in [2.05, 4.69) is 10.2 Å². The number of amides is 1. The molecule has 0 aromatic heterocycles. The molecule has 0 radical (unpaired) electrons. The van der Waals surface area contributed by atoms with Crippen molar-refractivity contribution < 1.29 is 9.53 Å². The van der Waals surface area contributed by atoms with Gasteiger partial charge in [-0.1, -0.05) is 0 Å². The van der Waals surface area contributed by atoms with Crippen LogP contribution in [0, 0.1) is 5.92 Å². The van der Waals surface area contributed by atoms with Gasteiger partial charge in [-0.15, -0.1) is 0 Å². The zero-order valence-electron chi connectivity index (χ0n) is 10.9. The summed E-state index contributed by atoms with van der Waals surface area (Å²) < 4.78 is 5.21. The Morgan fingerprint density at radius 3 is 3.00 bits per heavy atom. The van der Waals surface area contributed by atoms with Crippen molar-refractivity contribution in [2.45, 2.75) is 25.3 Å². The van der Waals surface area contributed by atoms with Gasteiger partial charge in [0.05, 0.1) is 6.61 Å². The number of nitrogens with two attached hydrogens (primary N) is 1. The summed E-state index contributed by atoms with van der Waals surface area (Å²) >= 11 is 0. The lowest BCUT2D eigenvalue weighted by molar-refractivity contribution is -0.122. The van der Waals surface area contributed by atoms with Crippen molar-refractivity contribution in [3.8, 4) is 0 Å². The fraction of sp³-hybridized carbons (Fsp3) is 0.917. The second-order valence-electron chi connectivity index (χ2n) is 4.73. The maximum atomic E-state index is 11.4. The quantitative estimate of drug-likeness (QED) is 0.678. The Bertz CT molecular complexity index is 234. The number of carbonyl (C=O) groups excluding carboxylic acids is 1. The van der Waals surface area contributed by atoms with E-state index in [-0.39, 0.29) is 11.9 Å². The number of carbonyl (C=O) groups is 1. The lowest BCUT2D eigenvalue weighted by Gasteiger charge is -2.37. The molecule has 3 N–H and O–H groups in total. The molecule has 1 saturated heterocycles. The highest BCUT2D eigenvalue weighted by Crippen LogP contribution is 2.19. The third kappa shape index (κ3) is 4.61. The van der Waals surface area contributed by atoms with Crippen molar-refractivity contribution in [1.82, 2.24) is 10.2 Å². The van der Waals surface area contributed by atoms with Crippen molar-refractivity contribution in [3.63, 3.8) is 0 Å². The minimum absolute atomic E-state index is 0.0642. The number of ether oxygens (including phenoxy) is 1. The van der Waals surface area contributed by atoms with Crippen LogP contribution in [0.25, 0.3) is 0 Å². The van der Waals surface area contributed by atoms with Crippen molar-refractivity contribution in [3.05, 3.63) is 0 Å². The first-order valence-electron chi connectivity index (χ1n) is 6.34. The largest absolute Gasteiger partial charge is 0.384 e. The second kappa shape index (κ2) is 7.63. The molecule has 5 heteroatoms. The Hall–Kier alpha value is -0.650. The molecular formula is C12H25N3O2. The van der Waals surface area contributed by atoms with Crippen molar-refractivity contribution in [2.24, 2.45) is 11.7 Å². The Balaban J connectivity index is 2.47. The van der Waals surface area contributed by atoms with Crippen molar-refractivity contribution >= 4 is 5.91 Å². The van der Waals surface area contributed by atoms with E-state index in [1.54, 1.807) is 14.2 Å². The molecule has 1 amide bonds. The van der Waals surface area contributed by atoms with Crippen LogP contribution in [0.15, 0.2) is 0 Å². The van der Waals surface area contributed by atoms with Crippen LogP contribution in [0.3, 0.4) is 0 Å². The molecule has 0 bridgehead atoms. The molecule has 1 aliphatic heterocycles. The Labute approximate surface area is 104 Å². The first-order valence-corrected chi connectivity index (χ1v) is 6.34. The lowest BCUT2D eigenvalue weighted by Crippen LogP contribution is -2.48. The van der Waals surface area contributed by atoms with Crippen molar-refractivity contribution in [2.75, 3.05) is 40.4 Å². The average molecular weight is 243 g/mol. The molecular weight excluding hydrogens is 218 g/mol. The molecule has 1 fully saturated rings. The fourth-order valence-electron chi connectivity index (χ4n) is 2.48. The van der Waals surface area contributed by atoms with E-state index in [4.69, 9.17) is 10.5 Å². The van der Waals surface area contributed by atoms with Crippen LogP contribution in [-0.4, -0.2) is 57.2 Å². The molecule has 0 spiro atoms. The van der Waals surface area contributed by atoms with Crippen molar-refractivity contribution in [1.29, 1.82) is 0 Å². The minimum Gasteiger partial charge on any atom is -0.384 e. The number of methoxy groups -OCH3 is 1. The zero-order valence-corrected chi connectivity index (χ0v) is 10.9. The molecule has 0 aliphatic carbocycles. The zero-order chi connectivity index (χ0) is 12.7. The van der Waals surface area contributed by atoms with Crippen LogP contribution >= 0.6 is 0 Å². The summed E-state index contributed by atoms with van der Waals surface area (Å²) in [5.41, 5.74) is 5.77. The lowest BCUT2D eigenvalue weighted by atomic mass is 9.96. The third-order valence-corrected chi connectivity index (χ3v) is 3.44. The van der Waals surface area contributed by atoms with Crippen LogP contribution in [0.2, 0.25) is 0 Å². The topological polar surface area (TPSA) is 67.6 Å².